The van der Waals surface area contributed by atoms with Gasteiger partial charge in [0.05, 0.1) is 5.60 Å². The molecule has 0 spiro atoms. The van der Waals surface area contributed by atoms with Gasteiger partial charge in [-0.3, -0.25) is 0 Å². The molecule has 1 aliphatic heterocycles. The van der Waals surface area contributed by atoms with Crippen LogP contribution in [0.5, 0.6) is 0 Å². The van der Waals surface area contributed by atoms with Crippen molar-refractivity contribution in [1.29, 1.82) is 0 Å². The van der Waals surface area contributed by atoms with E-state index in [4.69, 9.17) is 0 Å². The molecule has 0 radical (unpaired) electrons. The quantitative estimate of drug-likeness (QED) is 0.660. The molecule has 1 rings (SSSR count). The predicted octanol–water partition coefficient (Wildman–Crippen LogP) is 1.80. The third-order valence-electron chi connectivity index (χ3n) is 2.73. The standard InChI is InChI=1S/C11H21NO/c1-4-12-7-5-11(13,6-8-12)9-10(2)3/h9,13H,4-8H2,1-3H3. The zero-order chi connectivity index (χ0) is 9.90. The van der Waals surface area contributed by atoms with E-state index in [2.05, 4.69) is 11.8 Å². The highest BCUT2D eigenvalue weighted by Crippen LogP contribution is 2.24. The number of rotatable bonds is 2. The lowest BCUT2D eigenvalue weighted by Gasteiger charge is -2.36. The topological polar surface area (TPSA) is 23.5 Å². The Morgan fingerprint density at radius 3 is 2.31 bits per heavy atom. The Labute approximate surface area is 81.2 Å². The number of hydrogen-bond donors (Lipinski definition) is 1. The summed E-state index contributed by atoms with van der Waals surface area (Å²) in [7, 11) is 0. The third-order valence-corrected chi connectivity index (χ3v) is 2.73. The van der Waals surface area contributed by atoms with Gasteiger partial charge in [0.25, 0.3) is 0 Å². The van der Waals surface area contributed by atoms with Gasteiger partial charge in [-0.2, -0.15) is 0 Å². The van der Waals surface area contributed by atoms with Gasteiger partial charge in [-0.05, 0) is 33.2 Å². The second-order valence-corrected chi connectivity index (χ2v) is 4.26. The van der Waals surface area contributed by atoms with E-state index in [1.807, 2.05) is 19.9 Å². The minimum atomic E-state index is -0.523. The molecule has 1 aliphatic rings. The Morgan fingerprint density at radius 1 is 1.38 bits per heavy atom. The number of hydrogen-bond acceptors (Lipinski definition) is 2. The number of likely N-dealkylation sites (tertiary alicyclic amines) is 1. The normalized spacial score (nSPS) is 22.8. The molecule has 0 aliphatic carbocycles. The molecule has 76 valence electrons. The minimum absolute atomic E-state index is 0.523. The zero-order valence-electron chi connectivity index (χ0n) is 9.01. The first kappa shape index (κ1) is 10.7. The van der Waals surface area contributed by atoms with E-state index in [1.165, 1.54) is 5.57 Å². The van der Waals surface area contributed by atoms with Crippen LogP contribution in [0.25, 0.3) is 0 Å². The van der Waals surface area contributed by atoms with E-state index in [-0.39, 0.29) is 0 Å². The van der Waals surface area contributed by atoms with Crippen LogP contribution < -0.4 is 0 Å². The molecule has 1 saturated heterocycles. The maximum absolute atomic E-state index is 10.2. The van der Waals surface area contributed by atoms with E-state index in [9.17, 15) is 5.11 Å². The monoisotopic (exact) mass is 183 g/mol. The molecule has 0 bridgehead atoms. The fourth-order valence-corrected chi connectivity index (χ4v) is 1.94. The molecule has 2 nitrogen and oxygen atoms in total. The van der Waals surface area contributed by atoms with Gasteiger partial charge < -0.3 is 10.0 Å². The van der Waals surface area contributed by atoms with Crippen LogP contribution in [0.1, 0.15) is 33.6 Å². The molecule has 0 unspecified atom stereocenters. The summed E-state index contributed by atoms with van der Waals surface area (Å²) in [4.78, 5) is 2.38. The first-order valence-electron chi connectivity index (χ1n) is 5.16. The van der Waals surface area contributed by atoms with Crippen LogP contribution in [0.3, 0.4) is 0 Å². The molecule has 1 fully saturated rings. The zero-order valence-corrected chi connectivity index (χ0v) is 9.01. The van der Waals surface area contributed by atoms with Crippen LogP contribution in [-0.4, -0.2) is 35.2 Å². The molecule has 0 aromatic rings. The van der Waals surface area contributed by atoms with Gasteiger partial charge in [-0.1, -0.05) is 18.6 Å². The van der Waals surface area contributed by atoms with Crippen molar-refractivity contribution in [1.82, 2.24) is 4.90 Å². The van der Waals surface area contributed by atoms with Crippen molar-refractivity contribution in [2.24, 2.45) is 0 Å². The average molecular weight is 183 g/mol. The van der Waals surface area contributed by atoms with E-state index in [0.717, 1.165) is 32.5 Å². The summed E-state index contributed by atoms with van der Waals surface area (Å²) in [5, 5.41) is 10.2. The van der Waals surface area contributed by atoms with Gasteiger partial charge in [0.2, 0.25) is 0 Å². The first-order chi connectivity index (χ1) is 6.06. The maximum Gasteiger partial charge on any atom is 0.0854 e. The molecule has 0 aromatic carbocycles. The first-order valence-corrected chi connectivity index (χ1v) is 5.16. The average Bonchev–Trinajstić information content (AvgIpc) is 2.04. The molecule has 0 saturated carbocycles. The van der Waals surface area contributed by atoms with Crippen molar-refractivity contribution in [3.05, 3.63) is 11.6 Å². The summed E-state index contributed by atoms with van der Waals surface area (Å²) in [6.45, 7) is 9.41. The van der Waals surface area contributed by atoms with Crippen LogP contribution in [-0.2, 0) is 0 Å². The number of allylic oxidation sites excluding steroid dienone is 1. The van der Waals surface area contributed by atoms with Crippen LogP contribution in [0.2, 0.25) is 0 Å². The SMILES string of the molecule is CCN1CCC(O)(C=C(C)C)CC1. The van der Waals surface area contributed by atoms with Crippen molar-refractivity contribution in [2.45, 2.75) is 39.2 Å². The highest BCUT2D eigenvalue weighted by Gasteiger charge is 2.29. The lowest BCUT2D eigenvalue weighted by atomic mass is 9.90. The van der Waals surface area contributed by atoms with Crippen molar-refractivity contribution < 1.29 is 5.11 Å². The maximum atomic E-state index is 10.2. The molecule has 13 heavy (non-hydrogen) atoms. The van der Waals surface area contributed by atoms with E-state index >= 15 is 0 Å². The summed E-state index contributed by atoms with van der Waals surface area (Å²) in [6.07, 6.45) is 3.78. The van der Waals surface area contributed by atoms with Crippen LogP contribution in [0, 0.1) is 0 Å². The van der Waals surface area contributed by atoms with Gasteiger partial charge in [-0.15, -0.1) is 0 Å². The van der Waals surface area contributed by atoms with Crippen molar-refractivity contribution >= 4 is 0 Å². The Kier molecular flexibility index (Phi) is 3.51. The van der Waals surface area contributed by atoms with Crippen molar-refractivity contribution in [3.8, 4) is 0 Å². The molecular weight excluding hydrogens is 162 g/mol. The van der Waals surface area contributed by atoms with Crippen LogP contribution in [0.4, 0.5) is 0 Å². The fraction of sp³-hybridized carbons (Fsp3) is 0.818. The third kappa shape index (κ3) is 3.12. The van der Waals surface area contributed by atoms with Crippen LogP contribution in [0.15, 0.2) is 11.6 Å². The highest BCUT2D eigenvalue weighted by atomic mass is 16.3. The smallest absolute Gasteiger partial charge is 0.0854 e. The van der Waals surface area contributed by atoms with E-state index in [0.29, 0.717) is 0 Å². The van der Waals surface area contributed by atoms with Gasteiger partial charge in [0.1, 0.15) is 0 Å². The summed E-state index contributed by atoms with van der Waals surface area (Å²) >= 11 is 0. The van der Waals surface area contributed by atoms with E-state index in [1.54, 1.807) is 0 Å². The van der Waals surface area contributed by atoms with Gasteiger partial charge >= 0.3 is 0 Å². The minimum Gasteiger partial charge on any atom is -0.386 e. The molecule has 1 N–H and O–H groups in total. The molecule has 0 amide bonds. The predicted molar refractivity (Wildman–Crippen MR) is 55.7 cm³/mol. The molecule has 1 heterocycles. The van der Waals surface area contributed by atoms with Crippen molar-refractivity contribution in [2.75, 3.05) is 19.6 Å². The molecule has 0 atom stereocenters. The molecular formula is C11H21NO. The van der Waals surface area contributed by atoms with E-state index < -0.39 is 5.60 Å². The second kappa shape index (κ2) is 4.25. The number of aliphatic hydroxyl groups is 1. The van der Waals surface area contributed by atoms with Crippen molar-refractivity contribution in [3.63, 3.8) is 0 Å². The lowest BCUT2D eigenvalue weighted by Crippen LogP contribution is -2.43. The molecule has 2 heteroatoms. The largest absolute Gasteiger partial charge is 0.386 e. The lowest BCUT2D eigenvalue weighted by molar-refractivity contribution is 0.0201. The van der Waals surface area contributed by atoms with Gasteiger partial charge in [-0.25, -0.2) is 0 Å². The second-order valence-electron chi connectivity index (χ2n) is 4.26. The number of nitrogens with zero attached hydrogens (tertiary/aromatic N) is 1. The molecule has 0 aromatic heterocycles. The number of piperidine rings is 1. The summed E-state index contributed by atoms with van der Waals surface area (Å²) in [5.41, 5.74) is 0.692. The summed E-state index contributed by atoms with van der Waals surface area (Å²) in [6, 6.07) is 0. The van der Waals surface area contributed by atoms with Gasteiger partial charge in [0, 0.05) is 13.1 Å². The summed E-state index contributed by atoms with van der Waals surface area (Å²) in [5.74, 6) is 0. The Bertz CT molecular complexity index is 186. The highest BCUT2D eigenvalue weighted by molar-refractivity contribution is 5.08. The Hall–Kier alpha value is -0.340. The summed E-state index contributed by atoms with van der Waals surface area (Å²) < 4.78 is 0. The Morgan fingerprint density at radius 2 is 1.92 bits per heavy atom. The fourth-order valence-electron chi connectivity index (χ4n) is 1.94. The van der Waals surface area contributed by atoms with Crippen LogP contribution >= 0.6 is 0 Å². The Balaban J connectivity index is 2.51. The van der Waals surface area contributed by atoms with Gasteiger partial charge in [0.15, 0.2) is 0 Å².